The van der Waals surface area contributed by atoms with Gasteiger partial charge in [-0.05, 0) is 31.9 Å². The van der Waals surface area contributed by atoms with E-state index in [1.807, 2.05) is 26.0 Å². The predicted molar refractivity (Wildman–Crippen MR) is 61.1 cm³/mol. The van der Waals surface area contributed by atoms with Crippen LogP contribution < -0.4 is 0 Å². The second kappa shape index (κ2) is 6.23. The predicted octanol–water partition coefficient (Wildman–Crippen LogP) is 2.86. The molecule has 0 amide bonds. The number of rotatable bonds is 3. The number of hydrogen-bond donors (Lipinski definition) is 1. The van der Waals surface area contributed by atoms with Crippen molar-refractivity contribution < 1.29 is 5.11 Å². The summed E-state index contributed by atoms with van der Waals surface area (Å²) in [5.74, 6) is 0. The topological polar surface area (TPSA) is 33.1 Å². The Kier molecular flexibility index (Phi) is 6.09. The largest absolute Gasteiger partial charge is 0.388 e. The van der Waals surface area contributed by atoms with Gasteiger partial charge in [0.25, 0.3) is 0 Å². The highest BCUT2D eigenvalue weighted by Gasteiger charge is 2.10. The molecule has 0 aliphatic heterocycles. The SMILES string of the molecule is Cc1ccc(C(O)CC(C)Cl)cn1.Cl. The molecule has 0 aliphatic rings. The highest BCUT2D eigenvalue weighted by molar-refractivity contribution is 6.20. The van der Waals surface area contributed by atoms with Gasteiger partial charge in [0, 0.05) is 17.3 Å². The summed E-state index contributed by atoms with van der Waals surface area (Å²) < 4.78 is 0. The molecular formula is C10H15Cl2NO. The van der Waals surface area contributed by atoms with Crippen LogP contribution in [0.1, 0.15) is 30.7 Å². The first-order valence-corrected chi connectivity index (χ1v) is 4.78. The van der Waals surface area contributed by atoms with E-state index in [-0.39, 0.29) is 17.8 Å². The lowest BCUT2D eigenvalue weighted by Crippen LogP contribution is -2.04. The quantitative estimate of drug-likeness (QED) is 0.818. The Labute approximate surface area is 95.7 Å². The minimum Gasteiger partial charge on any atom is -0.388 e. The molecule has 1 aromatic heterocycles. The van der Waals surface area contributed by atoms with Crippen molar-refractivity contribution in [1.29, 1.82) is 0 Å². The zero-order valence-electron chi connectivity index (χ0n) is 8.27. The standard InChI is InChI=1S/C10H14ClNO.ClH/c1-7(11)5-10(13)9-4-3-8(2)12-6-9;/h3-4,6-7,10,13H,5H2,1-2H3;1H. The highest BCUT2D eigenvalue weighted by Crippen LogP contribution is 2.19. The number of aliphatic hydroxyl groups excluding tert-OH is 1. The van der Waals surface area contributed by atoms with Crippen LogP contribution in [0.3, 0.4) is 0 Å². The summed E-state index contributed by atoms with van der Waals surface area (Å²) in [6, 6.07) is 3.77. The molecule has 2 nitrogen and oxygen atoms in total. The zero-order chi connectivity index (χ0) is 9.84. The van der Waals surface area contributed by atoms with Crippen LogP contribution in [0.15, 0.2) is 18.3 Å². The molecule has 0 bridgehead atoms. The summed E-state index contributed by atoms with van der Waals surface area (Å²) in [6.45, 7) is 3.78. The van der Waals surface area contributed by atoms with Gasteiger partial charge >= 0.3 is 0 Å². The number of alkyl halides is 1. The molecule has 80 valence electrons. The molecule has 0 spiro atoms. The van der Waals surface area contributed by atoms with E-state index in [1.165, 1.54) is 0 Å². The smallest absolute Gasteiger partial charge is 0.0818 e. The maximum Gasteiger partial charge on any atom is 0.0818 e. The van der Waals surface area contributed by atoms with Crippen molar-refractivity contribution in [3.8, 4) is 0 Å². The molecule has 0 radical (unpaired) electrons. The van der Waals surface area contributed by atoms with E-state index in [9.17, 15) is 5.11 Å². The second-order valence-corrected chi connectivity index (χ2v) is 4.01. The van der Waals surface area contributed by atoms with Gasteiger partial charge in [-0.25, -0.2) is 0 Å². The van der Waals surface area contributed by atoms with Crippen LogP contribution in [0, 0.1) is 6.92 Å². The molecule has 0 saturated carbocycles. The van der Waals surface area contributed by atoms with Crippen molar-refractivity contribution in [1.82, 2.24) is 4.98 Å². The summed E-state index contributed by atoms with van der Waals surface area (Å²) >= 11 is 5.77. The van der Waals surface area contributed by atoms with Crippen molar-refractivity contribution in [3.63, 3.8) is 0 Å². The van der Waals surface area contributed by atoms with Gasteiger partial charge < -0.3 is 5.11 Å². The molecule has 14 heavy (non-hydrogen) atoms. The normalized spacial score (nSPS) is 14.3. The maximum absolute atomic E-state index is 9.66. The summed E-state index contributed by atoms with van der Waals surface area (Å²) in [5, 5.41) is 9.64. The van der Waals surface area contributed by atoms with Gasteiger partial charge in [-0.1, -0.05) is 6.07 Å². The fraction of sp³-hybridized carbons (Fsp3) is 0.500. The summed E-state index contributed by atoms with van der Waals surface area (Å²) in [5.41, 5.74) is 1.79. The fourth-order valence-corrected chi connectivity index (χ4v) is 1.29. The van der Waals surface area contributed by atoms with Crippen LogP contribution in [0.4, 0.5) is 0 Å². The van der Waals surface area contributed by atoms with Gasteiger partial charge in [0.15, 0.2) is 0 Å². The number of aliphatic hydroxyl groups is 1. The Bertz CT molecular complexity index is 261. The summed E-state index contributed by atoms with van der Waals surface area (Å²) in [6.07, 6.45) is 1.76. The first kappa shape index (κ1) is 13.7. The molecular weight excluding hydrogens is 221 g/mol. The van der Waals surface area contributed by atoms with Crippen molar-refractivity contribution >= 4 is 24.0 Å². The lowest BCUT2D eigenvalue weighted by Gasteiger charge is -2.11. The van der Waals surface area contributed by atoms with Gasteiger partial charge in [0.2, 0.25) is 0 Å². The number of halogens is 2. The molecule has 1 rings (SSSR count). The Morgan fingerprint density at radius 1 is 1.50 bits per heavy atom. The molecule has 4 heteroatoms. The van der Waals surface area contributed by atoms with Crippen LogP contribution in [0.2, 0.25) is 0 Å². The zero-order valence-corrected chi connectivity index (χ0v) is 9.85. The van der Waals surface area contributed by atoms with Gasteiger partial charge in [-0.2, -0.15) is 0 Å². The molecule has 1 heterocycles. The van der Waals surface area contributed by atoms with Crippen LogP contribution in [0.5, 0.6) is 0 Å². The number of aryl methyl sites for hydroxylation is 1. The van der Waals surface area contributed by atoms with Crippen molar-refractivity contribution in [2.75, 3.05) is 0 Å². The van der Waals surface area contributed by atoms with Gasteiger partial charge in [0.05, 0.1) is 6.10 Å². The first-order chi connectivity index (χ1) is 6.09. The molecule has 0 fully saturated rings. The fourth-order valence-electron chi connectivity index (χ4n) is 1.12. The van der Waals surface area contributed by atoms with Crippen molar-refractivity contribution in [2.45, 2.75) is 31.7 Å². The first-order valence-electron chi connectivity index (χ1n) is 4.34. The van der Waals surface area contributed by atoms with Gasteiger partial charge in [-0.3, -0.25) is 4.98 Å². The monoisotopic (exact) mass is 235 g/mol. The van der Waals surface area contributed by atoms with Crippen molar-refractivity contribution in [2.24, 2.45) is 0 Å². The third-order valence-electron chi connectivity index (χ3n) is 1.87. The molecule has 0 aromatic carbocycles. The molecule has 2 atom stereocenters. The number of aromatic nitrogens is 1. The van der Waals surface area contributed by atoms with E-state index in [1.54, 1.807) is 6.20 Å². The molecule has 0 saturated heterocycles. The summed E-state index contributed by atoms with van der Waals surface area (Å²) in [7, 11) is 0. The van der Waals surface area contributed by atoms with Crippen LogP contribution in [-0.4, -0.2) is 15.5 Å². The van der Waals surface area contributed by atoms with E-state index in [0.717, 1.165) is 11.3 Å². The van der Waals surface area contributed by atoms with E-state index in [4.69, 9.17) is 11.6 Å². The highest BCUT2D eigenvalue weighted by atomic mass is 35.5. The molecule has 2 unspecified atom stereocenters. The van der Waals surface area contributed by atoms with Crippen LogP contribution in [-0.2, 0) is 0 Å². The molecule has 1 N–H and O–H groups in total. The lowest BCUT2D eigenvalue weighted by atomic mass is 10.1. The van der Waals surface area contributed by atoms with Crippen molar-refractivity contribution in [3.05, 3.63) is 29.6 Å². The third kappa shape index (κ3) is 4.27. The van der Waals surface area contributed by atoms with Crippen LogP contribution >= 0.6 is 24.0 Å². The Morgan fingerprint density at radius 3 is 2.57 bits per heavy atom. The van der Waals surface area contributed by atoms with E-state index in [0.29, 0.717) is 6.42 Å². The minimum absolute atomic E-state index is 0. The van der Waals surface area contributed by atoms with Crippen LogP contribution in [0.25, 0.3) is 0 Å². The van der Waals surface area contributed by atoms with Gasteiger partial charge in [-0.15, -0.1) is 24.0 Å². The molecule has 1 aromatic rings. The van der Waals surface area contributed by atoms with E-state index < -0.39 is 6.10 Å². The minimum atomic E-state index is -0.499. The third-order valence-corrected chi connectivity index (χ3v) is 2.05. The number of hydrogen-bond acceptors (Lipinski definition) is 2. The Hall–Kier alpha value is -0.310. The number of nitrogens with zero attached hydrogens (tertiary/aromatic N) is 1. The summed E-state index contributed by atoms with van der Waals surface area (Å²) in [4.78, 5) is 4.10. The van der Waals surface area contributed by atoms with E-state index >= 15 is 0 Å². The van der Waals surface area contributed by atoms with E-state index in [2.05, 4.69) is 4.98 Å². The average Bonchev–Trinajstić information content (AvgIpc) is 2.04. The average molecular weight is 236 g/mol. The lowest BCUT2D eigenvalue weighted by molar-refractivity contribution is 0.167. The Morgan fingerprint density at radius 2 is 2.14 bits per heavy atom. The van der Waals surface area contributed by atoms with Gasteiger partial charge in [0.1, 0.15) is 0 Å². The maximum atomic E-state index is 9.66. The molecule has 0 aliphatic carbocycles. The number of pyridine rings is 1. The second-order valence-electron chi connectivity index (χ2n) is 3.27. The Balaban J connectivity index is 0.00000169.